The Morgan fingerprint density at radius 3 is 2.38 bits per heavy atom. The molecule has 0 aromatic heterocycles. The molecule has 0 fully saturated rings. The Kier molecular flexibility index (Phi) is 7.30. The molecule has 0 unspecified atom stereocenters. The highest BCUT2D eigenvalue weighted by Crippen LogP contribution is 2.25. The van der Waals surface area contributed by atoms with Crippen molar-refractivity contribution in [3.63, 3.8) is 0 Å². The van der Waals surface area contributed by atoms with E-state index in [1.807, 2.05) is 0 Å². The van der Waals surface area contributed by atoms with Crippen molar-refractivity contribution in [3.05, 3.63) is 0 Å². The summed E-state index contributed by atoms with van der Waals surface area (Å²) in [4.78, 5) is 22.2. The molecule has 0 aromatic carbocycles. The van der Waals surface area contributed by atoms with Crippen LogP contribution in [-0.4, -0.2) is 41.4 Å². The molecule has 0 rings (SSSR count). The molecular weight excluding hydrogens is 301 g/mol. The summed E-state index contributed by atoms with van der Waals surface area (Å²) < 4.78 is 7.26. The first-order valence-corrected chi connectivity index (χ1v) is 5.75. The van der Waals surface area contributed by atoms with Crippen LogP contribution >= 0.6 is 47.4 Å². The zero-order valence-corrected chi connectivity index (χ0v) is 11.4. The van der Waals surface area contributed by atoms with Crippen molar-refractivity contribution < 1.29 is 19.1 Å². The number of halogens is 3. The molecule has 1 amide bonds. The molecule has 0 spiro atoms. The van der Waals surface area contributed by atoms with Gasteiger partial charge in [-0.05, 0) is 0 Å². The number of hydrogen-bond acceptors (Lipinski definition) is 5. The highest BCUT2D eigenvalue weighted by atomic mass is 35.6. The van der Waals surface area contributed by atoms with Gasteiger partial charge in [0.2, 0.25) is 3.79 Å². The second-order valence-corrected chi connectivity index (χ2v) is 5.48. The van der Waals surface area contributed by atoms with Crippen LogP contribution in [0.15, 0.2) is 0 Å². The fraction of sp³-hybridized carbons (Fsp3) is 0.714. The van der Waals surface area contributed by atoms with Crippen LogP contribution in [0.2, 0.25) is 0 Å². The van der Waals surface area contributed by atoms with Gasteiger partial charge in [-0.15, -0.1) is 0 Å². The summed E-state index contributed by atoms with van der Waals surface area (Å²) in [6.45, 7) is -0.427. The summed E-state index contributed by atoms with van der Waals surface area (Å²) in [5.74, 6) is -0.573. The van der Waals surface area contributed by atoms with Crippen molar-refractivity contribution >= 4 is 59.5 Å². The number of alkyl carbamates (subject to hydrolysis) is 1. The lowest BCUT2D eigenvalue weighted by Gasteiger charge is -2.16. The van der Waals surface area contributed by atoms with Crippen LogP contribution in [0, 0.1) is 0 Å². The normalized spacial score (nSPS) is 12.8. The fourth-order valence-corrected chi connectivity index (χ4v) is 1.06. The Morgan fingerprint density at radius 2 is 2.00 bits per heavy atom. The number of carbonyl (C=O) groups excluding carboxylic acids is 2. The van der Waals surface area contributed by atoms with Crippen LogP contribution in [0.5, 0.6) is 0 Å². The maximum atomic E-state index is 11.1. The third-order valence-corrected chi connectivity index (χ3v) is 2.02. The van der Waals surface area contributed by atoms with Gasteiger partial charge >= 0.3 is 12.1 Å². The van der Waals surface area contributed by atoms with E-state index < -0.39 is 28.5 Å². The summed E-state index contributed by atoms with van der Waals surface area (Å²) in [7, 11) is 1.19. The van der Waals surface area contributed by atoms with Crippen molar-refractivity contribution in [2.24, 2.45) is 0 Å². The van der Waals surface area contributed by atoms with Gasteiger partial charge in [0, 0.05) is 5.75 Å². The number of alkyl halides is 3. The highest BCUT2D eigenvalue weighted by Gasteiger charge is 2.25. The zero-order chi connectivity index (χ0) is 12.8. The molecule has 0 radical (unpaired) electrons. The Bertz CT molecular complexity index is 259. The Hall–Kier alpha value is -0.0400. The van der Waals surface area contributed by atoms with E-state index in [1.165, 1.54) is 7.11 Å². The number of thiol groups is 1. The molecule has 0 aliphatic heterocycles. The van der Waals surface area contributed by atoms with E-state index >= 15 is 0 Å². The molecule has 9 heteroatoms. The van der Waals surface area contributed by atoms with Crippen LogP contribution in [0.4, 0.5) is 4.79 Å². The summed E-state index contributed by atoms with van der Waals surface area (Å²) in [5.41, 5.74) is 0. The second-order valence-electron chi connectivity index (χ2n) is 2.59. The zero-order valence-electron chi connectivity index (χ0n) is 8.21. The third-order valence-electron chi connectivity index (χ3n) is 1.33. The largest absolute Gasteiger partial charge is 0.467 e. The summed E-state index contributed by atoms with van der Waals surface area (Å²) >= 11 is 19.9. The van der Waals surface area contributed by atoms with Gasteiger partial charge in [0.1, 0.15) is 12.6 Å². The predicted octanol–water partition coefficient (Wildman–Crippen LogP) is 1.55. The molecule has 5 nitrogen and oxygen atoms in total. The van der Waals surface area contributed by atoms with Gasteiger partial charge in [0.15, 0.2) is 0 Å². The first-order chi connectivity index (χ1) is 7.30. The molecule has 94 valence electrons. The summed E-state index contributed by atoms with van der Waals surface area (Å²) in [6, 6.07) is -0.906. The molecule has 0 aliphatic rings. The molecule has 16 heavy (non-hydrogen) atoms. The van der Waals surface area contributed by atoms with Gasteiger partial charge in [-0.25, -0.2) is 9.59 Å². The first kappa shape index (κ1) is 16.0. The minimum atomic E-state index is -1.70. The van der Waals surface area contributed by atoms with Gasteiger partial charge in [0.25, 0.3) is 0 Å². The Morgan fingerprint density at radius 1 is 1.44 bits per heavy atom. The lowest BCUT2D eigenvalue weighted by atomic mass is 10.3. The van der Waals surface area contributed by atoms with Crippen molar-refractivity contribution in [1.29, 1.82) is 0 Å². The number of hydrogen-bond donors (Lipinski definition) is 2. The van der Waals surface area contributed by atoms with E-state index in [2.05, 4.69) is 27.4 Å². The minimum Gasteiger partial charge on any atom is -0.467 e. The maximum absolute atomic E-state index is 11.1. The average molecular weight is 311 g/mol. The SMILES string of the molecule is COC(=O)[C@H](CS)NC(=O)OCC(Cl)(Cl)Cl. The number of nitrogens with one attached hydrogen (secondary N) is 1. The smallest absolute Gasteiger partial charge is 0.408 e. The second kappa shape index (κ2) is 7.32. The monoisotopic (exact) mass is 309 g/mol. The summed E-state index contributed by atoms with van der Waals surface area (Å²) in [5, 5.41) is 2.20. The number of amides is 1. The molecule has 0 heterocycles. The molecule has 0 aromatic rings. The minimum absolute atomic E-state index is 0.0650. The van der Waals surface area contributed by atoms with E-state index in [9.17, 15) is 9.59 Å². The Labute approximate surface area is 113 Å². The number of rotatable bonds is 4. The topological polar surface area (TPSA) is 64.6 Å². The van der Waals surface area contributed by atoms with Crippen LogP contribution < -0.4 is 5.32 Å². The number of carbonyl (C=O) groups is 2. The van der Waals surface area contributed by atoms with Crippen LogP contribution in [0.3, 0.4) is 0 Å². The van der Waals surface area contributed by atoms with Crippen molar-refractivity contribution in [2.45, 2.75) is 9.83 Å². The van der Waals surface area contributed by atoms with Crippen molar-refractivity contribution in [2.75, 3.05) is 19.5 Å². The van der Waals surface area contributed by atoms with Crippen molar-refractivity contribution in [1.82, 2.24) is 5.32 Å². The lowest BCUT2D eigenvalue weighted by molar-refractivity contribution is -0.142. The van der Waals surface area contributed by atoms with Crippen LogP contribution in [-0.2, 0) is 14.3 Å². The number of methoxy groups -OCH3 is 1. The van der Waals surface area contributed by atoms with E-state index in [-0.39, 0.29) is 5.75 Å². The molecule has 1 N–H and O–H groups in total. The van der Waals surface area contributed by atoms with Gasteiger partial charge < -0.3 is 14.8 Å². The lowest BCUT2D eigenvalue weighted by Crippen LogP contribution is -2.43. The van der Waals surface area contributed by atoms with E-state index in [0.29, 0.717) is 0 Å². The molecule has 0 saturated heterocycles. The van der Waals surface area contributed by atoms with Gasteiger partial charge in [-0.3, -0.25) is 0 Å². The van der Waals surface area contributed by atoms with Crippen LogP contribution in [0.25, 0.3) is 0 Å². The molecule has 1 atom stereocenters. The number of esters is 1. The first-order valence-electron chi connectivity index (χ1n) is 3.99. The quantitative estimate of drug-likeness (QED) is 0.470. The molecule has 0 saturated carbocycles. The van der Waals surface area contributed by atoms with Crippen molar-refractivity contribution in [3.8, 4) is 0 Å². The predicted molar refractivity (Wildman–Crippen MR) is 64.4 cm³/mol. The summed E-state index contributed by atoms with van der Waals surface area (Å²) in [6.07, 6.45) is -0.893. The maximum Gasteiger partial charge on any atom is 0.408 e. The van der Waals surface area contributed by atoms with Gasteiger partial charge in [0.05, 0.1) is 7.11 Å². The van der Waals surface area contributed by atoms with E-state index in [4.69, 9.17) is 34.8 Å². The van der Waals surface area contributed by atoms with Crippen LogP contribution in [0.1, 0.15) is 0 Å². The van der Waals surface area contributed by atoms with E-state index in [0.717, 1.165) is 0 Å². The third kappa shape index (κ3) is 7.27. The average Bonchev–Trinajstić information content (AvgIpc) is 2.21. The standard InChI is InChI=1S/C7H10Cl3NO4S/c1-14-5(12)4(2-16)11-6(13)15-3-7(8,9)10/h4,16H,2-3H2,1H3,(H,11,13)/t4-/m0/s1. The number of ether oxygens (including phenoxy) is 2. The highest BCUT2D eigenvalue weighted by molar-refractivity contribution is 7.80. The van der Waals surface area contributed by atoms with Gasteiger partial charge in [-0.2, -0.15) is 12.6 Å². The fourth-order valence-electron chi connectivity index (χ4n) is 0.653. The van der Waals surface area contributed by atoms with Gasteiger partial charge in [-0.1, -0.05) is 34.8 Å². The molecular formula is C7H10Cl3NO4S. The van der Waals surface area contributed by atoms with E-state index in [1.54, 1.807) is 0 Å². The molecule has 0 bridgehead atoms. The Balaban J connectivity index is 4.07. The molecule has 0 aliphatic carbocycles.